The Morgan fingerprint density at radius 2 is 1.87 bits per heavy atom. The van der Waals surface area contributed by atoms with Gasteiger partial charge in [0.25, 0.3) is 0 Å². The van der Waals surface area contributed by atoms with Gasteiger partial charge in [-0.05, 0) is 42.6 Å². The molecule has 0 spiro atoms. The molecule has 0 atom stereocenters. The molecule has 2 heteroatoms. The zero-order valence-corrected chi connectivity index (χ0v) is 9.59. The highest BCUT2D eigenvalue weighted by molar-refractivity contribution is 7.78. The Morgan fingerprint density at radius 3 is 2.60 bits per heavy atom. The van der Waals surface area contributed by atoms with Crippen LogP contribution in [0.3, 0.4) is 0 Å². The van der Waals surface area contributed by atoms with E-state index in [2.05, 4.69) is 34.5 Å². The van der Waals surface area contributed by atoms with Gasteiger partial charge in [0.05, 0.1) is 10.8 Å². The summed E-state index contributed by atoms with van der Waals surface area (Å²) in [6.07, 6.45) is 6.67. The minimum absolute atomic E-state index is 0.682. The number of hydrogen-bond donors (Lipinski definition) is 0. The smallest absolute Gasteiger partial charge is 0.0774 e. The van der Waals surface area contributed by atoms with E-state index in [9.17, 15) is 0 Å². The molecule has 0 saturated heterocycles. The molecule has 1 nitrogen and oxygen atoms in total. The summed E-state index contributed by atoms with van der Waals surface area (Å²) in [5, 5.41) is 2.47. The molecule has 1 saturated carbocycles. The summed E-state index contributed by atoms with van der Waals surface area (Å²) in [6.45, 7) is 0. The van der Waals surface area contributed by atoms with Crippen LogP contribution in [0.1, 0.15) is 43.6 Å². The van der Waals surface area contributed by atoms with Crippen molar-refractivity contribution in [1.29, 1.82) is 0 Å². The molecule has 1 aromatic carbocycles. The molecule has 0 heterocycles. The maximum absolute atomic E-state index is 4.68. The highest BCUT2D eigenvalue weighted by Gasteiger charge is 2.17. The Hall–Kier alpha value is -0.980. The summed E-state index contributed by atoms with van der Waals surface area (Å²) in [7, 11) is 0. The van der Waals surface area contributed by atoms with Crippen LogP contribution in [0.2, 0.25) is 0 Å². The fourth-order valence-electron chi connectivity index (χ4n) is 2.40. The predicted octanol–water partition coefficient (Wildman–Crippen LogP) is 4.47. The Balaban J connectivity index is 2.28. The van der Waals surface area contributed by atoms with Crippen molar-refractivity contribution in [2.75, 3.05) is 0 Å². The van der Waals surface area contributed by atoms with Crippen molar-refractivity contribution < 1.29 is 0 Å². The van der Waals surface area contributed by atoms with E-state index in [0.29, 0.717) is 5.92 Å². The molecule has 0 unspecified atom stereocenters. The summed E-state index contributed by atoms with van der Waals surface area (Å²) in [4.78, 5) is 4.15. The van der Waals surface area contributed by atoms with Crippen molar-refractivity contribution in [3.8, 4) is 0 Å². The maximum atomic E-state index is 4.68. The number of rotatable bonds is 2. The molecule has 0 bridgehead atoms. The molecule has 1 aromatic rings. The molecule has 15 heavy (non-hydrogen) atoms. The lowest BCUT2D eigenvalue weighted by Gasteiger charge is -2.22. The summed E-state index contributed by atoms with van der Waals surface area (Å²) in [5.74, 6) is 0.682. The van der Waals surface area contributed by atoms with E-state index in [1.165, 1.54) is 37.7 Å². The van der Waals surface area contributed by atoms with E-state index in [0.717, 1.165) is 5.69 Å². The van der Waals surface area contributed by atoms with Crippen LogP contribution < -0.4 is 0 Å². The van der Waals surface area contributed by atoms with Gasteiger partial charge in [0.15, 0.2) is 0 Å². The molecular formula is C13H15NS. The Morgan fingerprint density at radius 1 is 1.13 bits per heavy atom. The van der Waals surface area contributed by atoms with Gasteiger partial charge in [-0.25, -0.2) is 0 Å². The van der Waals surface area contributed by atoms with Crippen molar-refractivity contribution in [2.45, 2.75) is 38.0 Å². The molecule has 1 fully saturated rings. The van der Waals surface area contributed by atoms with E-state index in [1.54, 1.807) is 0 Å². The minimum Gasteiger partial charge on any atom is -0.194 e. The third-order valence-electron chi connectivity index (χ3n) is 3.15. The summed E-state index contributed by atoms with van der Waals surface area (Å²) >= 11 is 4.68. The van der Waals surface area contributed by atoms with Crippen LogP contribution in [0, 0.1) is 0 Å². The van der Waals surface area contributed by atoms with Gasteiger partial charge < -0.3 is 0 Å². The van der Waals surface area contributed by atoms with Crippen molar-refractivity contribution in [3.63, 3.8) is 0 Å². The number of para-hydroxylation sites is 1. The second-order valence-electron chi connectivity index (χ2n) is 4.10. The molecule has 78 valence electrons. The normalized spacial score (nSPS) is 17.1. The van der Waals surface area contributed by atoms with Crippen LogP contribution in [0.4, 0.5) is 5.69 Å². The Kier molecular flexibility index (Phi) is 3.65. The number of isothiocyanates is 1. The van der Waals surface area contributed by atoms with Gasteiger partial charge in [-0.3, -0.25) is 0 Å². The van der Waals surface area contributed by atoms with Crippen molar-refractivity contribution in [1.82, 2.24) is 0 Å². The zero-order valence-electron chi connectivity index (χ0n) is 8.78. The summed E-state index contributed by atoms with van der Waals surface area (Å²) < 4.78 is 0. The average Bonchev–Trinajstić information content (AvgIpc) is 2.31. The fraction of sp³-hybridized carbons (Fsp3) is 0.462. The summed E-state index contributed by atoms with van der Waals surface area (Å²) in [5.41, 5.74) is 2.37. The molecule has 0 aliphatic heterocycles. The number of thiocarbonyl (C=S) groups is 1. The molecule has 0 radical (unpaired) electrons. The van der Waals surface area contributed by atoms with Crippen LogP contribution >= 0.6 is 12.2 Å². The SMILES string of the molecule is S=C=Nc1ccccc1C1CCCCC1. The second kappa shape index (κ2) is 5.20. The fourth-order valence-corrected chi connectivity index (χ4v) is 2.50. The molecule has 1 aliphatic carbocycles. The van der Waals surface area contributed by atoms with Gasteiger partial charge in [-0.1, -0.05) is 37.5 Å². The molecule has 0 N–H and O–H groups in total. The Labute approximate surface area is 96.2 Å². The predicted molar refractivity (Wildman–Crippen MR) is 67.0 cm³/mol. The molecule has 2 rings (SSSR count). The first-order valence-corrected chi connectivity index (χ1v) is 5.99. The van der Waals surface area contributed by atoms with E-state index in [4.69, 9.17) is 0 Å². The molecular weight excluding hydrogens is 202 g/mol. The van der Waals surface area contributed by atoms with Crippen LogP contribution in [-0.4, -0.2) is 5.16 Å². The topological polar surface area (TPSA) is 12.4 Å². The van der Waals surface area contributed by atoms with Crippen molar-refractivity contribution >= 4 is 23.1 Å². The van der Waals surface area contributed by atoms with Crippen LogP contribution in [0.25, 0.3) is 0 Å². The third-order valence-corrected chi connectivity index (χ3v) is 3.24. The van der Waals surface area contributed by atoms with E-state index in [-0.39, 0.29) is 0 Å². The number of hydrogen-bond acceptors (Lipinski definition) is 2. The third kappa shape index (κ3) is 2.53. The van der Waals surface area contributed by atoms with Gasteiger partial charge >= 0.3 is 0 Å². The van der Waals surface area contributed by atoms with E-state index < -0.39 is 0 Å². The zero-order chi connectivity index (χ0) is 10.5. The molecule has 1 aliphatic rings. The standard InChI is InChI=1S/C13H15NS/c15-10-14-13-9-5-4-8-12(13)11-6-2-1-3-7-11/h4-5,8-9,11H,1-3,6-7H2. The van der Waals surface area contributed by atoms with Gasteiger partial charge in [0.2, 0.25) is 0 Å². The molecule has 0 aromatic heterocycles. The van der Waals surface area contributed by atoms with E-state index >= 15 is 0 Å². The highest BCUT2D eigenvalue weighted by Crippen LogP contribution is 2.37. The van der Waals surface area contributed by atoms with Gasteiger partial charge in [-0.2, -0.15) is 4.99 Å². The first kappa shape index (κ1) is 10.5. The van der Waals surface area contributed by atoms with Crippen LogP contribution in [0.15, 0.2) is 29.3 Å². The lowest BCUT2D eigenvalue weighted by Crippen LogP contribution is -2.04. The van der Waals surface area contributed by atoms with Crippen molar-refractivity contribution in [3.05, 3.63) is 29.8 Å². The largest absolute Gasteiger partial charge is 0.194 e. The number of nitrogens with zero attached hydrogens (tertiary/aromatic N) is 1. The Bertz CT molecular complexity index is 374. The second-order valence-corrected chi connectivity index (χ2v) is 4.28. The minimum atomic E-state index is 0.682. The number of benzene rings is 1. The average molecular weight is 217 g/mol. The lowest BCUT2D eigenvalue weighted by atomic mass is 9.83. The quantitative estimate of drug-likeness (QED) is 0.526. The van der Waals surface area contributed by atoms with Gasteiger partial charge in [0.1, 0.15) is 0 Å². The maximum Gasteiger partial charge on any atom is 0.0774 e. The van der Waals surface area contributed by atoms with Gasteiger partial charge in [-0.15, -0.1) is 0 Å². The van der Waals surface area contributed by atoms with Crippen molar-refractivity contribution in [2.24, 2.45) is 4.99 Å². The first-order valence-electron chi connectivity index (χ1n) is 5.58. The first-order chi connectivity index (χ1) is 7.42. The number of aliphatic imine (C=N–C) groups is 1. The van der Waals surface area contributed by atoms with E-state index in [1.807, 2.05) is 12.1 Å². The lowest BCUT2D eigenvalue weighted by molar-refractivity contribution is 0.444. The highest BCUT2D eigenvalue weighted by atomic mass is 32.1. The monoisotopic (exact) mass is 217 g/mol. The summed E-state index contributed by atoms with van der Waals surface area (Å²) in [6, 6.07) is 8.31. The molecule has 0 amide bonds. The van der Waals surface area contributed by atoms with Crippen LogP contribution in [-0.2, 0) is 0 Å². The van der Waals surface area contributed by atoms with Crippen LogP contribution in [0.5, 0.6) is 0 Å². The van der Waals surface area contributed by atoms with Gasteiger partial charge in [0, 0.05) is 0 Å².